The molecule has 0 spiro atoms. The minimum absolute atomic E-state index is 0. The number of halogens is 2. The van der Waals surface area contributed by atoms with Crippen molar-refractivity contribution < 1.29 is 62.9 Å². The van der Waals surface area contributed by atoms with E-state index < -0.39 is 5.54 Å². The number of imide groups is 1. The first-order chi connectivity index (χ1) is 10.2. The molecule has 0 radical (unpaired) electrons. The lowest BCUT2D eigenvalue weighted by molar-refractivity contribution is -0.623. The van der Waals surface area contributed by atoms with Crippen LogP contribution in [0.5, 0.6) is 0 Å². The lowest BCUT2D eigenvalue weighted by Crippen LogP contribution is -3.00. The summed E-state index contributed by atoms with van der Waals surface area (Å²) in [5.74, 6) is 0.362. The van der Waals surface area contributed by atoms with Crippen molar-refractivity contribution in [1.82, 2.24) is 5.32 Å². The van der Waals surface area contributed by atoms with Gasteiger partial charge < -0.3 is 48.0 Å². The number of nitrogens with one attached hydrogen (secondary N) is 1. The Morgan fingerprint density at radius 3 is 2.17 bits per heavy atom. The van der Waals surface area contributed by atoms with E-state index in [-0.39, 0.29) is 59.9 Å². The first kappa shape index (κ1) is 23.6. The first-order valence-corrected chi connectivity index (χ1v) is 8.90. The van der Waals surface area contributed by atoms with Gasteiger partial charge in [-0.3, -0.25) is 4.79 Å². The third kappa shape index (κ3) is 6.41. The highest BCUT2D eigenvalue weighted by Gasteiger charge is 2.55. The van der Waals surface area contributed by atoms with Crippen molar-refractivity contribution in [1.29, 1.82) is 0 Å². The van der Waals surface area contributed by atoms with Crippen molar-refractivity contribution in [3.8, 4) is 0 Å². The highest BCUT2D eigenvalue weighted by molar-refractivity contribution is 6.00. The standard InChI is InChI=1S/C17H30N2O2.2HI/c1-2-3-4-5-6-10-13-17(14-11-8-7-9-12-14)15(20)18-16(21)19-17;;/h14H,2-13H2,1H3,(H2,18,19,20,21);2*1H/p-1. The van der Waals surface area contributed by atoms with E-state index in [0.717, 1.165) is 25.7 Å². The summed E-state index contributed by atoms with van der Waals surface area (Å²) in [5, 5.41) is 4.25. The van der Waals surface area contributed by atoms with Crippen LogP contribution in [0, 0.1) is 5.92 Å². The van der Waals surface area contributed by atoms with Crippen molar-refractivity contribution in [2.75, 3.05) is 0 Å². The van der Waals surface area contributed by atoms with Crippen LogP contribution >= 0.6 is 0 Å². The fourth-order valence-corrected chi connectivity index (χ4v) is 4.07. The highest BCUT2D eigenvalue weighted by atomic mass is 127. The molecule has 2 aliphatic rings. The van der Waals surface area contributed by atoms with Gasteiger partial charge in [0.1, 0.15) is 0 Å². The molecule has 2 fully saturated rings. The Bertz CT molecular complexity index is 374. The summed E-state index contributed by atoms with van der Waals surface area (Å²) < 4.78 is 0. The van der Waals surface area contributed by atoms with E-state index in [9.17, 15) is 9.59 Å². The van der Waals surface area contributed by atoms with Gasteiger partial charge >= 0.3 is 6.03 Å². The molecule has 1 aliphatic carbocycles. The van der Waals surface area contributed by atoms with E-state index in [1.807, 2.05) is 0 Å². The van der Waals surface area contributed by atoms with Gasteiger partial charge in [0.05, 0.1) is 0 Å². The summed E-state index contributed by atoms with van der Waals surface area (Å²) in [5.41, 5.74) is -0.484. The molecule has 1 saturated heterocycles. The average molecular weight is 549 g/mol. The summed E-state index contributed by atoms with van der Waals surface area (Å²) in [6.45, 7) is 2.22. The smallest absolute Gasteiger partial charge is 0.420 e. The third-order valence-electron chi connectivity index (χ3n) is 5.33. The minimum atomic E-state index is -0.484. The second-order valence-corrected chi connectivity index (χ2v) is 6.86. The zero-order chi connectivity index (χ0) is 15.1. The van der Waals surface area contributed by atoms with Crippen LogP contribution in [0.25, 0.3) is 0 Å². The Morgan fingerprint density at radius 2 is 1.61 bits per heavy atom. The number of hydrogen-bond donors (Lipinski definition) is 2. The lowest BCUT2D eigenvalue weighted by atomic mass is 9.72. The predicted molar refractivity (Wildman–Crippen MR) is 82.8 cm³/mol. The molecular weight excluding hydrogens is 518 g/mol. The largest absolute Gasteiger partial charge is 1.00 e. The van der Waals surface area contributed by atoms with Gasteiger partial charge in [0.15, 0.2) is 5.54 Å². The molecule has 0 aromatic rings. The SMILES string of the molecule is CCCCCCCCC1(C2CCCCC2)[NH2+]C(=O)NC1=O.[I-].[I-]. The molecule has 1 atom stereocenters. The molecule has 3 N–H and O–H groups in total. The molecule has 3 amide bonds. The quantitative estimate of drug-likeness (QED) is 0.191. The van der Waals surface area contributed by atoms with Gasteiger partial charge in [-0.2, -0.15) is 0 Å². The Labute approximate surface area is 174 Å². The fraction of sp³-hybridized carbons (Fsp3) is 0.882. The van der Waals surface area contributed by atoms with Gasteiger partial charge in [0.25, 0.3) is 5.91 Å². The van der Waals surface area contributed by atoms with Crippen molar-refractivity contribution in [3.63, 3.8) is 0 Å². The van der Waals surface area contributed by atoms with Gasteiger partial charge in [0.2, 0.25) is 0 Å². The molecule has 23 heavy (non-hydrogen) atoms. The number of hydrogen-bond acceptors (Lipinski definition) is 2. The molecule has 0 aromatic heterocycles. The monoisotopic (exact) mass is 549 g/mol. The predicted octanol–water partition coefficient (Wildman–Crippen LogP) is -3.12. The molecule has 1 unspecified atom stereocenters. The normalized spacial score (nSPS) is 24.7. The summed E-state index contributed by atoms with van der Waals surface area (Å²) in [6, 6.07) is -0.170. The minimum Gasteiger partial charge on any atom is -1.00 e. The molecule has 2 rings (SSSR count). The van der Waals surface area contributed by atoms with Crippen LogP contribution in [0.15, 0.2) is 0 Å². The summed E-state index contributed by atoms with van der Waals surface area (Å²) in [4.78, 5) is 24.1. The van der Waals surface area contributed by atoms with Crippen LogP contribution in [0.3, 0.4) is 0 Å². The number of nitrogens with two attached hydrogens (primary N) is 1. The molecule has 136 valence electrons. The highest BCUT2D eigenvalue weighted by Crippen LogP contribution is 2.35. The molecule has 6 heteroatoms. The molecule has 4 nitrogen and oxygen atoms in total. The van der Waals surface area contributed by atoms with Crippen molar-refractivity contribution in [2.24, 2.45) is 5.92 Å². The van der Waals surface area contributed by atoms with E-state index >= 15 is 0 Å². The summed E-state index contributed by atoms with van der Waals surface area (Å²) >= 11 is 0. The molecule has 1 heterocycles. The van der Waals surface area contributed by atoms with Crippen molar-refractivity contribution in [3.05, 3.63) is 0 Å². The number of unbranched alkanes of at least 4 members (excludes halogenated alkanes) is 5. The van der Waals surface area contributed by atoms with Crippen LogP contribution in [-0.2, 0) is 4.79 Å². The van der Waals surface area contributed by atoms with E-state index in [1.54, 1.807) is 5.32 Å². The number of amides is 3. The molecule has 1 saturated carbocycles. The number of carbonyl (C=O) groups is 2. The summed E-state index contributed by atoms with van der Waals surface area (Å²) in [7, 11) is 0. The van der Waals surface area contributed by atoms with E-state index in [0.29, 0.717) is 5.92 Å². The first-order valence-electron chi connectivity index (χ1n) is 8.90. The molecule has 0 aromatic carbocycles. The fourth-order valence-electron chi connectivity index (χ4n) is 4.07. The third-order valence-corrected chi connectivity index (χ3v) is 5.33. The maximum atomic E-state index is 12.4. The maximum absolute atomic E-state index is 12.4. The zero-order valence-electron chi connectivity index (χ0n) is 14.2. The van der Waals surface area contributed by atoms with Crippen molar-refractivity contribution in [2.45, 2.75) is 89.5 Å². The number of primary amides is 1. The van der Waals surface area contributed by atoms with Gasteiger partial charge in [-0.25, -0.2) is 15.4 Å². The number of quaternary nitrogens is 1. The molecule has 0 bridgehead atoms. The van der Waals surface area contributed by atoms with Gasteiger partial charge in [-0.1, -0.05) is 58.3 Å². The van der Waals surface area contributed by atoms with Gasteiger partial charge in [-0.05, 0) is 19.3 Å². The number of carbonyl (C=O) groups excluding carboxylic acids is 2. The van der Waals surface area contributed by atoms with E-state index in [4.69, 9.17) is 0 Å². The molecular formula is C17H31I2N2O2-. The summed E-state index contributed by atoms with van der Waals surface area (Å²) in [6.07, 6.45) is 14.1. The number of urea groups is 1. The van der Waals surface area contributed by atoms with E-state index in [1.165, 1.54) is 51.4 Å². The van der Waals surface area contributed by atoms with Crippen LogP contribution in [0.1, 0.15) is 84.0 Å². The average Bonchev–Trinajstić information content (AvgIpc) is 2.79. The lowest BCUT2D eigenvalue weighted by Gasteiger charge is -2.33. The van der Waals surface area contributed by atoms with Crippen LogP contribution < -0.4 is 58.6 Å². The second kappa shape index (κ2) is 12.0. The van der Waals surface area contributed by atoms with Crippen molar-refractivity contribution >= 4 is 11.9 Å². The number of rotatable bonds is 8. The van der Waals surface area contributed by atoms with Crippen LogP contribution in [-0.4, -0.2) is 17.5 Å². The molecule has 1 aliphatic heterocycles. The Morgan fingerprint density at radius 1 is 1.00 bits per heavy atom. The van der Waals surface area contributed by atoms with Gasteiger partial charge in [0, 0.05) is 12.3 Å². The zero-order valence-corrected chi connectivity index (χ0v) is 18.5. The second-order valence-electron chi connectivity index (χ2n) is 6.86. The Hall–Kier alpha value is 0.560. The van der Waals surface area contributed by atoms with Gasteiger partial charge in [-0.15, -0.1) is 0 Å². The topological polar surface area (TPSA) is 62.8 Å². The Balaban J connectivity index is 0.00000242. The van der Waals surface area contributed by atoms with Crippen LogP contribution in [0.4, 0.5) is 4.79 Å². The maximum Gasteiger partial charge on any atom is 0.420 e. The van der Waals surface area contributed by atoms with E-state index in [2.05, 4.69) is 12.2 Å². The Kier molecular flexibility index (Phi) is 12.3. The van der Waals surface area contributed by atoms with Crippen LogP contribution in [0.2, 0.25) is 0 Å².